The van der Waals surface area contributed by atoms with Gasteiger partial charge in [0.05, 0.1) is 4.92 Å². The molecule has 0 atom stereocenters. The van der Waals surface area contributed by atoms with E-state index in [-0.39, 0.29) is 5.69 Å². The van der Waals surface area contributed by atoms with Crippen LogP contribution in [0.3, 0.4) is 0 Å². The van der Waals surface area contributed by atoms with Gasteiger partial charge in [-0.1, -0.05) is 6.92 Å². The number of nitro groups is 1. The third kappa shape index (κ3) is 2.55. The van der Waals surface area contributed by atoms with Gasteiger partial charge < -0.3 is 4.42 Å². The van der Waals surface area contributed by atoms with Gasteiger partial charge in [-0.25, -0.2) is 9.55 Å². The summed E-state index contributed by atoms with van der Waals surface area (Å²) in [5.74, 6) is 0.476. The highest BCUT2D eigenvalue weighted by Crippen LogP contribution is 2.29. The first kappa shape index (κ1) is 14.2. The first-order chi connectivity index (χ1) is 10.6. The number of pyridine rings is 1. The van der Waals surface area contributed by atoms with E-state index in [2.05, 4.69) is 16.5 Å². The second kappa shape index (κ2) is 5.55. The van der Waals surface area contributed by atoms with Gasteiger partial charge in [0.25, 0.3) is 5.69 Å². The van der Waals surface area contributed by atoms with E-state index in [1.54, 1.807) is 6.92 Å². The summed E-state index contributed by atoms with van der Waals surface area (Å²) < 4.78 is 7.87. The molecule has 0 aliphatic carbocycles. The molecule has 0 N–H and O–H groups in total. The molecule has 2 heterocycles. The van der Waals surface area contributed by atoms with Crippen molar-refractivity contribution in [3.8, 4) is 11.5 Å². The minimum absolute atomic E-state index is 0.0268. The summed E-state index contributed by atoms with van der Waals surface area (Å²) in [6.07, 6.45) is 5.00. The van der Waals surface area contributed by atoms with Gasteiger partial charge in [-0.15, -0.1) is 0 Å². The summed E-state index contributed by atoms with van der Waals surface area (Å²) in [5, 5.41) is 10.9. The molecule has 0 radical (unpaired) electrons. The molecule has 0 aliphatic heterocycles. The zero-order valence-electron chi connectivity index (χ0n) is 12.4. The van der Waals surface area contributed by atoms with Crippen LogP contribution in [0.25, 0.3) is 22.6 Å². The minimum Gasteiger partial charge on any atom is -0.436 e. The number of aromatic nitrogens is 2. The molecule has 0 spiro atoms. The van der Waals surface area contributed by atoms with Crippen LogP contribution in [0.4, 0.5) is 5.69 Å². The van der Waals surface area contributed by atoms with Crippen molar-refractivity contribution in [2.24, 2.45) is 0 Å². The molecule has 0 amide bonds. The number of hydrogen-bond acceptors (Lipinski definition) is 4. The first-order valence-corrected chi connectivity index (χ1v) is 7.13. The highest BCUT2D eigenvalue weighted by atomic mass is 16.6. The Morgan fingerprint density at radius 3 is 2.95 bits per heavy atom. The van der Waals surface area contributed by atoms with E-state index in [4.69, 9.17) is 4.42 Å². The molecule has 2 aromatic heterocycles. The van der Waals surface area contributed by atoms with Crippen molar-refractivity contribution in [1.29, 1.82) is 0 Å². The number of oxazole rings is 1. The smallest absolute Gasteiger partial charge is 0.272 e. The molecular weight excluding hydrogens is 282 g/mol. The highest BCUT2D eigenvalue weighted by molar-refractivity contribution is 5.81. The number of aryl methyl sites for hydroxylation is 2. The quantitative estimate of drug-likeness (QED) is 0.420. The van der Waals surface area contributed by atoms with E-state index in [0.717, 1.165) is 18.5 Å². The Morgan fingerprint density at radius 2 is 2.23 bits per heavy atom. The van der Waals surface area contributed by atoms with Crippen LogP contribution in [0.2, 0.25) is 0 Å². The van der Waals surface area contributed by atoms with E-state index in [1.165, 1.54) is 12.1 Å². The van der Waals surface area contributed by atoms with Gasteiger partial charge in [0, 0.05) is 30.2 Å². The Labute approximate surface area is 127 Å². The highest BCUT2D eigenvalue weighted by Gasteiger charge is 2.17. The monoisotopic (exact) mass is 298 g/mol. The average Bonchev–Trinajstić information content (AvgIpc) is 2.92. The lowest BCUT2D eigenvalue weighted by atomic mass is 10.2. The van der Waals surface area contributed by atoms with Crippen molar-refractivity contribution < 1.29 is 13.9 Å². The molecule has 0 fully saturated rings. The van der Waals surface area contributed by atoms with Crippen molar-refractivity contribution in [2.75, 3.05) is 0 Å². The number of nitrogens with zero attached hydrogens (tertiary/aromatic N) is 3. The van der Waals surface area contributed by atoms with E-state index >= 15 is 0 Å². The number of rotatable bonds is 4. The Kier molecular flexibility index (Phi) is 3.58. The minimum atomic E-state index is -0.418. The fraction of sp³-hybridized carbons (Fsp3) is 0.250. The van der Waals surface area contributed by atoms with Gasteiger partial charge in [0.15, 0.2) is 18.0 Å². The fourth-order valence-corrected chi connectivity index (χ4v) is 2.46. The number of hydrogen-bond donors (Lipinski definition) is 0. The maximum Gasteiger partial charge on any atom is 0.272 e. The van der Waals surface area contributed by atoms with Crippen LogP contribution in [-0.2, 0) is 6.54 Å². The van der Waals surface area contributed by atoms with Crippen molar-refractivity contribution in [2.45, 2.75) is 26.8 Å². The largest absolute Gasteiger partial charge is 0.436 e. The molecule has 0 unspecified atom stereocenters. The van der Waals surface area contributed by atoms with Gasteiger partial charge in [-0.2, -0.15) is 0 Å². The summed E-state index contributed by atoms with van der Waals surface area (Å²) in [6, 6.07) is 6.80. The molecule has 112 valence electrons. The number of benzene rings is 1. The van der Waals surface area contributed by atoms with Crippen molar-refractivity contribution in [3.63, 3.8) is 0 Å². The van der Waals surface area contributed by atoms with Crippen LogP contribution >= 0.6 is 0 Å². The molecule has 0 aliphatic rings. The lowest BCUT2D eigenvalue weighted by Gasteiger charge is -1.96. The molecule has 3 aromatic rings. The van der Waals surface area contributed by atoms with Crippen molar-refractivity contribution in [3.05, 3.63) is 52.3 Å². The van der Waals surface area contributed by atoms with Crippen molar-refractivity contribution in [1.82, 2.24) is 4.98 Å². The molecule has 0 bridgehead atoms. The molecule has 6 nitrogen and oxygen atoms in total. The SMILES string of the molecule is CCC[n+]1cccc(-c2nc3cc([N+](=O)[O-])cc(C)c3o2)c1. The molecule has 0 saturated carbocycles. The summed E-state index contributed by atoms with van der Waals surface area (Å²) in [5.41, 5.74) is 2.69. The van der Waals surface area contributed by atoms with Crippen molar-refractivity contribution >= 4 is 16.8 Å². The van der Waals surface area contributed by atoms with Crippen LogP contribution in [0.15, 0.2) is 41.1 Å². The first-order valence-electron chi connectivity index (χ1n) is 7.13. The second-order valence-corrected chi connectivity index (χ2v) is 5.22. The normalized spacial score (nSPS) is 11.0. The van der Waals surface area contributed by atoms with Gasteiger partial charge in [-0.05, 0) is 13.0 Å². The number of nitro benzene ring substituents is 1. The second-order valence-electron chi connectivity index (χ2n) is 5.22. The van der Waals surface area contributed by atoms with Gasteiger partial charge >= 0.3 is 0 Å². The maximum absolute atomic E-state index is 10.9. The van der Waals surface area contributed by atoms with E-state index in [0.29, 0.717) is 22.6 Å². The molecule has 3 rings (SSSR count). The van der Waals surface area contributed by atoms with E-state index in [9.17, 15) is 10.1 Å². The number of fused-ring (bicyclic) bond motifs is 1. The van der Waals surface area contributed by atoms with Gasteiger partial charge in [0.2, 0.25) is 5.89 Å². The molecule has 0 saturated heterocycles. The van der Waals surface area contributed by atoms with E-state index < -0.39 is 4.92 Å². The van der Waals surface area contributed by atoms with Crippen LogP contribution in [0.5, 0.6) is 0 Å². The topological polar surface area (TPSA) is 73.0 Å². The summed E-state index contributed by atoms with van der Waals surface area (Å²) in [4.78, 5) is 14.9. The predicted octanol–water partition coefficient (Wildman–Crippen LogP) is 3.41. The molecule has 1 aromatic carbocycles. The summed E-state index contributed by atoms with van der Waals surface area (Å²) >= 11 is 0. The zero-order chi connectivity index (χ0) is 15.7. The Morgan fingerprint density at radius 1 is 1.41 bits per heavy atom. The lowest BCUT2D eigenvalue weighted by Crippen LogP contribution is -2.32. The summed E-state index contributed by atoms with van der Waals surface area (Å²) in [7, 11) is 0. The third-order valence-corrected chi connectivity index (χ3v) is 3.46. The zero-order valence-corrected chi connectivity index (χ0v) is 12.4. The lowest BCUT2D eigenvalue weighted by molar-refractivity contribution is -0.696. The summed E-state index contributed by atoms with van der Waals surface area (Å²) in [6.45, 7) is 4.81. The fourth-order valence-electron chi connectivity index (χ4n) is 2.46. The maximum atomic E-state index is 10.9. The molecule has 22 heavy (non-hydrogen) atoms. The molecular formula is C16H16N3O3+. The Bertz CT molecular complexity index is 855. The van der Waals surface area contributed by atoms with Crippen LogP contribution in [-0.4, -0.2) is 9.91 Å². The third-order valence-electron chi connectivity index (χ3n) is 3.46. The van der Waals surface area contributed by atoms with E-state index in [1.807, 2.05) is 24.5 Å². The standard InChI is InChI=1S/C16H16N3O3/c1-3-6-18-7-4-5-12(10-18)16-17-14-9-13(19(20)21)8-11(2)15(14)22-16/h4-5,7-10H,3,6H2,1-2H3/q+1. The van der Waals surface area contributed by atoms with Crippen LogP contribution in [0, 0.1) is 17.0 Å². The Hall–Kier alpha value is -2.76. The van der Waals surface area contributed by atoms with Crippen LogP contribution < -0.4 is 4.57 Å². The number of non-ortho nitro benzene ring substituents is 1. The predicted molar refractivity (Wildman–Crippen MR) is 81.3 cm³/mol. The van der Waals surface area contributed by atoms with Gasteiger partial charge in [-0.3, -0.25) is 10.1 Å². The average molecular weight is 298 g/mol. The van der Waals surface area contributed by atoms with Crippen LogP contribution in [0.1, 0.15) is 18.9 Å². The van der Waals surface area contributed by atoms with Gasteiger partial charge in [0.1, 0.15) is 17.6 Å². The Balaban J connectivity index is 2.10. The molecule has 6 heteroatoms.